The van der Waals surface area contributed by atoms with Gasteiger partial charge in [0.2, 0.25) is 11.8 Å². The fourth-order valence-corrected chi connectivity index (χ4v) is 3.62. The molecule has 1 heterocycles. The number of rotatable bonds is 7. The predicted molar refractivity (Wildman–Crippen MR) is 133 cm³/mol. The number of amides is 2. The zero-order chi connectivity index (χ0) is 24.2. The maximum Gasteiger partial charge on any atom is 0.239 e. The molecule has 0 saturated heterocycles. The molecule has 0 radical (unpaired) electrons. The molecule has 7 nitrogen and oxygen atoms in total. The van der Waals surface area contributed by atoms with Gasteiger partial charge in [-0.2, -0.15) is 5.10 Å². The third-order valence-electron chi connectivity index (χ3n) is 4.80. The molecule has 1 aromatic heterocycles. The van der Waals surface area contributed by atoms with Crippen LogP contribution in [0.2, 0.25) is 10.0 Å². The molecule has 2 amide bonds. The van der Waals surface area contributed by atoms with E-state index in [1.807, 2.05) is 36.4 Å². The van der Waals surface area contributed by atoms with Crippen LogP contribution in [0.1, 0.15) is 26.5 Å². The highest BCUT2D eigenvalue weighted by molar-refractivity contribution is 6.39. The largest absolute Gasteiger partial charge is 0.322 e. The summed E-state index contributed by atoms with van der Waals surface area (Å²) in [5, 5.41) is 11.0. The number of halogens is 2. The fraction of sp³-hybridized carbons (Fsp3) is 0.292. The Morgan fingerprint density at radius 2 is 1.52 bits per heavy atom. The normalized spacial score (nSPS) is 11.5. The average molecular weight is 488 g/mol. The lowest BCUT2D eigenvalue weighted by Crippen LogP contribution is -2.36. The van der Waals surface area contributed by atoms with E-state index in [-0.39, 0.29) is 30.3 Å². The van der Waals surface area contributed by atoms with Crippen molar-refractivity contribution in [2.24, 2.45) is 0 Å². The molecule has 9 heteroatoms. The van der Waals surface area contributed by atoms with Gasteiger partial charge in [0.05, 0.1) is 40.2 Å². The first-order valence-electron chi connectivity index (χ1n) is 10.4. The highest BCUT2D eigenvalue weighted by atomic mass is 35.5. The van der Waals surface area contributed by atoms with E-state index in [9.17, 15) is 9.59 Å². The highest BCUT2D eigenvalue weighted by Crippen LogP contribution is 2.29. The lowest BCUT2D eigenvalue weighted by molar-refractivity contribution is -0.119. The van der Waals surface area contributed by atoms with E-state index < -0.39 is 0 Å². The first-order chi connectivity index (χ1) is 15.5. The van der Waals surface area contributed by atoms with Gasteiger partial charge in [-0.05, 0) is 31.3 Å². The fourth-order valence-electron chi connectivity index (χ4n) is 3.13. The van der Waals surface area contributed by atoms with Crippen molar-refractivity contribution in [3.63, 3.8) is 0 Å². The standard InChI is InChI=1S/C24H27Cl2N5O2/c1-24(2,3)19-13-20(31(29-19)16-9-6-5-7-10-16)27-21(32)14-30(4)15-22(33)28-23-17(25)11-8-12-18(23)26/h5-13H,14-15H2,1-4H3,(H,27,32)(H,28,33). The summed E-state index contributed by atoms with van der Waals surface area (Å²) in [4.78, 5) is 26.8. The number of benzene rings is 2. The molecule has 0 atom stereocenters. The number of para-hydroxylation sites is 2. The number of carbonyl (C=O) groups excluding carboxylic acids is 2. The number of carbonyl (C=O) groups is 2. The van der Waals surface area contributed by atoms with Gasteiger partial charge in [0.25, 0.3) is 0 Å². The Hall–Kier alpha value is -2.87. The molecule has 33 heavy (non-hydrogen) atoms. The number of nitrogens with one attached hydrogen (secondary N) is 2. The minimum Gasteiger partial charge on any atom is -0.322 e. The molecule has 0 aliphatic heterocycles. The predicted octanol–water partition coefficient (Wildman–Crippen LogP) is 4.99. The van der Waals surface area contributed by atoms with E-state index in [4.69, 9.17) is 28.3 Å². The maximum atomic E-state index is 12.7. The van der Waals surface area contributed by atoms with Crippen molar-refractivity contribution in [2.75, 3.05) is 30.8 Å². The number of anilines is 2. The lowest BCUT2D eigenvalue weighted by Gasteiger charge is -2.17. The third-order valence-corrected chi connectivity index (χ3v) is 5.43. The summed E-state index contributed by atoms with van der Waals surface area (Å²) in [5.74, 6) is -0.0277. The Morgan fingerprint density at radius 3 is 2.09 bits per heavy atom. The molecule has 0 bridgehead atoms. The molecular formula is C24H27Cl2N5O2. The van der Waals surface area contributed by atoms with E-state index in [0.717, 1.165) is 11.4 Å². The van der Waals surface area contributed by atoms with Gasteiger partial charge in [-0.3, -0.25) is 14.5 Å². The van der Waals surface area contributed by atoms with E-state index in [1.54, 1.807) is 34.8 Å². The van der Waals surface area contributed by atoms with Crippen LogP contribution in [0.4, 0.5) is 11.5 Å². The summed E-state index contributed by atoms with van der Waals surface area (Å²) in [5.41, 5.74) is 1.86. The van der Waals surface area contributed by atoms with Crippen molar-refractivity contribution in [1.82, 2.24) is 14.7 Å². The molecule has 3 rings (SSSR count). The van der Waals surface area contributed by atoms with Crippen LogP contribution >= 0.6 is 23.2 Å². The first-order valence-corrected chi connectivity index (χ1v) is 11.2. The second-order valence-electron chi connectivity index (χ2n) is 8.78. The van der Waals surface area contributed by atoms with Gasteiger partial charge in [-0.1, -0.05) is 68.2 Å². The van der Waals surface area contributed by atoms with Gasteiger partial charge in [-0.25, -0.2) is 4.68 Å². The van der Waals surface area contributed by atoms with Gasteiger partial charge in [-0.15, -0.1) is 0 Å². The third kappa shape index (κ3) is 6.57. The smallest absolute Gasteiger partial charge is 0.239 e. The van der Waals surface area contributed by atoms with Gasteiger partial charge in [0, 0.05) is 11.5 Å². The molecule has 2 aromatic carbocycles. The van der Waals surface area contributed by atoms with Crippen molar-refractivity contribution in [3.8, 4) is 5.69 Å². The van der Waals surface area contributed by atoms with Gasteiger partial charge < -0.3 is 10.6 Å². The number of hydrogen-bond donors (Lipinski definition) is 2. The van der Waals surface area contributed by atoms with Crippen LogP contribution in [0, 0.1) is 0 Å². The Bertz CT molecular complexity index is 1120. The average Bonchev–Trinajstić information content (AvgIpc) is 3.15. The number of likely N-dealkylation sites (N-methyl/N-ethyl adjacent to an activating group) is 1. The van der Waals surface area contributed by atoms with Crippen LogP contribution in [-0.2, 0) is 15.0 Å². The molecule has 0 unspecified atom stereocenters. The number of nitrogens with zero attached hydrogens (tertiary/aromatic N) is 3. The van der Waals surface area contributed by atoms with E-state index >= 15 is 0 Å². The van der Waals surface area contributed by atoms with Crippen molar-refractivity contribution >= 4 is 46.5 Å². The SMILES string of the molecule is CN(CC(=O)Nc1c(Cl)cccc1Cl)CC(=O)Nc1cc(C(C)(C)C)nn1-c1ccccc1. The summed E-state index contributed by atoms with van der Waals surface area (Å²) in [6.07, 6.45) is 0. The first kappa shape index (κ1) is 24.8. The van der Waals surface area contributed by atoms with Crippen LogP contribution in [0.25, 0.3) is 5.69 Å². The van der Waals surface area contributed by atoms with Crippen molar-refractivity contribution in [2.45, 2.75) is 26.2 Å². The van der Waals surface area contributed by atoms with Gasteiger partial charge in [0.15, 0.2) is 0 Å². The van der Waals surface area contributed by atoms with Crippen molar-refractivity contribution in [3.05, 3.63) is 70.3 Å². The van der Waals surface area contributed by atoms with Crippen molar-refractivity contribution < 1.29 is 9.59 Å². The summed E-state index contributed by atoms with van der Waals surface area (Å²) in [6, 6.07) is 16.4. The minimum atomic E-state index is -0.329. The molecule has 2 N–H and O–H groups in total. The monoisotopic (exact) mass is 487 g/mol. The van der Waals surface area contributed by atoms with E-state index in [0.29, 0.717) is 21.6 Å². The number of aromatic nitrogens is 2. The molecule has 0 saturated carbocycles. The molecule has 3 aromatic rings. The van der Waals surface area contributed by atoms with Crippen LogP contribution < -0.4 is 10.6 Å². The molecule has 0 spiro atoms. The second kappa shape index (κ2) is 10.4. The Balaban J connectivity index is 1.66. The number of hydrogen-bond acceptors (Lipinski definition) is 4. The van der Waals surface area contributed by atoms with Crippen LogP contribution in [0.3, 0.4) is 0 Å². The quantitative estimate of drug-likeness (QED) is 0.492. The zero-order valence-electron chi connectivity index (χ0n) is 19.0. The van der Waals surface area contributed by atoms with Crippen LogP contribution in [0.15, 0.2) is 54.6 Å². The van der Waals surface area contributed by atoms with Crippen LogP contribution in [0.5, 0.6) is 0 Å². The molecule has 0 fully saturated rings. The molecule has 174 valence electrons. The minimum absolute atomic E-state index is 0.00843. The maximum absolute atomic E-state index is 12.7. The Morgan fingerprint density at radius 1 is 0.939 bits per heavy atom. The lowest BCUT2D eigenvalue weighted by atomic mass is 9.92. The second-order valence-corrected chi connectivity index (χ2v) is 9.59. The summed E-state index contributed by atoms with van der Waals surface area (Å²) < 4.78 is 1.71. The van der Waals surface area contributed by atoms with Crippen LogP contribution in [-0.4, -0.2) is 46.6 Å². The van der Waals surface area contributed by atoms with Gasteiger partial charge >= 0.3 is 0 Å². The summed E-state index contributed by atoms with van der Waals surface area (Å²) >= 11 is 12.2. The Labute approximate surface area is 203 Å². The van der Waals surface area contributed by atoms with Crippen molar-refractivity contribution in [1.29, 1.82) is 0 Å². The summed E-state index contributed by atoms with van der Waals surface area (Å²) in [6.45, 7) is 6.18. The summed E-state index contributed by atoms with van der Waals surface area (Å²) in [7, 11) is 1.68. The van der Waals surface area contributed by atoms with E-state index in [1.165, 1.54) is 0 Å². The topological polar surface area (TPSA) is 79.3 Å². The van der Waals surface area contributed by atoms with E-state index in [2.05, 4.69) is 31.4 Å². The highest BCUT2D eigenvalue weighted by Gasteiger charge is 2.22. The molecule has 0 aliphatic carbocycles. The Kier molecular flexibility index (Phi) is 7.79. The zero-order valence-corrected chi connectivity index (χ0v) is 20.5. The molecule has 0 aliphatic rings. The van der Waals surface area contributed by atoms with Gasteiger partial charge in [0.1, 0.15) is 5.82 Å². The molecular weight excluding hydrogens is 461 g/mol.